The van der Waals surface area contributed by atoms with Gasteiger partial charge in [-0.15, -0.1) is 0 Å². The van der Waals surface area contributed by atoms with Crippen LogP contribution >= 0.6 is 23.2 Å². The minimum atomic E-state index is 0.0883. The van der Waals surface area contributed by atoms with E-state index >= 15 is 0 Å². The molecule has 1 N–H and O–H groups in total. The number of aliphatic hydroxyl groups is 1. The molecule has 0 saturated heterocycles. The quantitative estimate of drug-likeness (QED) is 0.793. The highest BCUT2D eigenvalue weighted by atomic mass is 35.5. The van der Waals surface area contributed by atoms with Crippen LogP contribution in [0.3, 0.4) is 0 Å². The van der Waals surface area contributed by atoms with Crippen LogP contribution in [0, 0.1) is 0 Å². The van der Waals surface area contributed by atoms with Crippen molar-refractivity contribution in [2.45, 2.75) is 12.8 Å². The number of aryl methyl sites for hydroxylation is 2. The van der Waals surface area contributed by atoms with Crippen LogP contribution in [0.4, 0.5) is 0 Å². The molecule has 0 atom stereocenters. The third-order valence-corrected chi connectivity index (χ3v) is 4.83. The second kappa shape index (κ2) is 5.80. The van der Waals surface area contributed by atoms with Crippen molar-refractivity contribution in [1.29, 1.82) is 0 Å². The van der Waals surface area contributed by atoms with Crippen LogP contribution in [0.1, 0.15) is 17.5 Å². The molecule has 0 spiro atoms. The first-order valence-electron chi connectivity index (χ1n) is 6.88. The lowest BCUT2D eigenvalue weighted by Crippen LogP contribution is -2.29. The normalized spacial score (nSPS) is 18.6. The van der Waals surface area contributed by atoms with Crippen LogP contribution in [0.2, 0.25) is 10.0 Å². The molecule has 0 amide bonds. The van der Waals surface area contributed by atoms with E-state index in [-0.39, 0.29) is 6.61 Å². The zero-order valence-electron chi connectivity index (χ0n) is 11.7. The summed E-state index contributed by atoms with van der Waals surface area (Å²) in [5.74, 6) is 0. The van der Waals surface area contributed by atoms with Gasteiger partial charge in [0.2, 0.25) is 5.52 Å². The zero-order valence-corrected chi connectivity index (χ0v) is 13.2. The molecule has 1 heterocycles. The van der Waals surface area contributed by atoms with Gasteiger partial charge in [0, 0.05) is 17.2 Å². The second-order valence-electron chi connectivity index (χ2n) is 5.24. The molecule has 21 heavy (non-hydrogen) atoms. The largest absolute Gasteiger partial charge is 0.392 e. The molecular weight excluding hydrogens is 305 g/mol. The molecule has 0 fully saturated rings. The summed E-state index contributed by atoms with van der Waals surface area (Å²) in [6.07, 6.45) is 9.51. The van der Waals surface area contributed by atoms with Crippen LogP contribution in [-0.2, 0) is 13.5 Å². The second-order valence-corrected chi connectivity index (χ2v) is 6.00. The maximum absolute atomic E-state index is 9.37. The lowest BCUT2D eigenvalue weighted by molar-refractivity contribution is -0.645. The fourth-order valence-electron chi connectivity index (χ4n) is 2.87. The Morgan fingerprint density at radius 3 is 2.81 bits per heavy atom. The summed E-state index contributed by atoms with van der Waals surface area (Å²) >= 11 is 12.9. The van der Waals surface area contributed by atoms with E-state index in [1.165, 1.54) is 5.56 Å². The van der Waals surface area contributed by atoms with Gasteiger partial charge in [0.25, 0.3) is 0 Å². The van der Waals surface area contributed by atoms with Gasteiger partial charge in [-0.05, 0) is 24.5 Å². The van der Waals surface area contributed by atoms with Gasteiger partial charge in [0.05, 0.1) is 22.0 Å². The van der Waals surface area contributed by atoms with Crippen molar-refractivity contribution in [2.24, 2.45) is 7.05 Å². The Balaban J connectivity index is 2.35. The number of pyridine rings is 1. The Morgan fingerprint density at radius 2 is 2.05 bits per heavy atom. The number of aromatic nitrogens is 1. The standard InChI is InChI=1S/C17H16Cl2NO/c1-20-9-3-6-14-16(19)15(18)12-5-2-4-11(10-21)7-8-13(12)17(14)20/h2-6,9,21H,7-8,10H2,1H3/q+1/b5-2-,11-4+. The third kappa shape index (κ3) is 2.48. The summed E-state index contributed by atoms with van der Waals surface area (Å²) in [6.45, 7) is 0.0883. The Labute approximate surface area is 133 Å². The van der Waals surface area contributed by atoms with Crippen LogP contribution in [0.15, 0.2) is 36.1 Å². The lowest BCUT2D eigenvalue weighted by atomic mass is 9.94. The van der Waals surface area contributed by atoms with E-state index in [0.29, 0.717) is 10.0 Å². The predicted octanol–water partition coefficient (Wildman–Crippen LogP) is 3.85. The molecule has 2 nitrogen and oxygen atoms in total. The molecule has 2 aromatic rings. The minimum Gasteiger partial charge on any atom is -0.392 e. The highest BCUT2D eigenvalue weighted by Gasteiger charge is 2.22. The highest BCUT2D eigenvalue weighted by molar-refractivity contribution is 6.46. The SMILES string of the molecule is C[n+]1cccc2c(Cl)c(Cl)c3c(c21)CC/C(CO)=C\C=C/3. The van der Waals surface area contributed by atoms with Crippen LogP contribution in [-0.4, -0.2) is 11.7 Å². The Kier molecular flexibility index (Phi) is 4.03. The number of aliphatic hydroxyl groups excluding tert-OH is 1. The molecule has 0 bridgehead atoms. The van der Waals surface area contributed by atoms with Gasteiger partial charge in [0.15, 0.2) is 6.20 Å². The van der Waals surface area contributed by atoms with Crippen molar-refractivity contribution in [3.8, 4) is 0 Å². The van der Waals surface area contributed by atoms with Gasteiger partial charge in [-0.2, -0.15) is 0 Å². The third-order valence-electron chi connectivity index (χ3n) is 3.95. The van der Waals surface area contributed by atoms with Crippen LogP contribution in [0.5, 0.6) is 0 Å². The summed E-state index contributed by atoms with van der Waals surface area (Å²) in [4.78, 5) is 0. The molecule has 0 aliphatic heterocycles. The minimum absolute atomic E-state index is 0.0883. The number of benzene rings is 1. The number of hydrogen-bond donors (Lipinski definition) is 1. The van der Waals surface area contributed by atoms with Crippen molar-refractivity contribution in [3.05, 3.63) is 57.2 Å². The summed E-state index contributed by atoms with van der Waals surface area (Å²) in [7, 11) is 2.01. The van der Waals surface area contributed by atoms with E-state index in [4.69, 9.17) is 23.2 Å². The number of allylic oxidation sites excluding steroid dienone is 2. The van der Waals surface area contributed by atoms with Crippen molar-refractivity contribution >= 4 is 40.2 Å². The van der Waals surface area contributed by atoms with E-state index in [1.807, 2.05) is 43.6 Å². The number of rotatable bonds is 1. The molecule has 0 unspecified atom stereocenters. The topological polar surface area (TPSA) is 24.1 Å². The average molecular weight is 321 g/mol. The van der Waals surface area contributed by atoms with E-state index in [1.54, 1.807) is 0 Å². The van der Waals surface area contributed by atoms with Crippen molar-refractivity contribution in [1.82, 2.24) is 0 Å². The van der Waals surface area contributed by atoms with Crippen molar-refractivity contribution < 1.29 is 9.67 Å². The first-order valence-corrected chi connectivity index (χ1v) is 7.64. The Morgan fingerprint density at radius 1 is 1.24 bits per heavy atom. The van der Waals surface area contributed by atoms with Gasteiger partial charge in [-0.3, -0.25) is 0 Å². The monoisotopic (exact) mass is 320 g/mol. The summed E-state index contributed by atoms with van der Waals surface area (Å²) in [6, 6.07) is 3.96. The molecule has 1 aromatic heterocycles. The van der Waals surface area contributed by atoms with Gasteiger partial charge in [-0.1, -0.05) is 41.4 Å². The van der Waals surface area contributed by atoms with Crippen molar-refractivity contribution in [2.75, 3.05) is 6.61 Å². The Bertz CT molecular complexity index is 778. The van der Waals surface area contributed by atoms with Gasteiger partial charge >= 0.3 is 0 Å². The fourth-order valence-corrected chi connectivity index (χ4v) is 3.40. The fraction of sp³-hybridized carbons (Fsp3) is 0.235. The first-order chi connectivity index (χ1) is 10.1. The first kappa shape index (κ1) is 14.6. The van der Waals surface area contributed by atoms with Crippen LogP contribution in [0.25, 0.3) is 17.0 Å². The highest BCUT2D eigenvalue weighted by Crippen LogP contribution is 2.38. The van der Waals surface area contributed by atoms with Gasteiger partial charge < -0.3 is 5.11 Å². The molecule has 1 aliphatic carbocycles. The van der Waals surface area contributed by atoms with Gasteiger partial charge in [0.1, 0.15) is 7.05 Å². The summed E-state index contributed by atoms with van der Waals surface area (Å²) in [5.41, 5.74) is 4.28. The smallest absolute Gasteiger partial charge is 0.217 e. The summed E-state index contributed by atoms with van der Waals surface area (Å²) < 4.78 is 2.08. The average Bonchev–Trinajstić information content (AvgIpc) is 2.46. The zero-order chi connectivity index (χ0) is 15.0. The molecule has 108 valence electrons. The van der Waals surface area contributed by atoms with Gasteiger partial charge in [-0.25, -0.2) is 4.57 Å². The number of hydrogen-bond acceptors (Lipinski definition) is 1. The van der Waals surface area contributed by atoms with E-state index in [2.05, 4.69) is 4.57 Å². The maximum atomic E-state index is 9.37. The molecule has 1 aromatic carbocycles. The molecule has 4 heteroatoms. The number of nitrogens with zero attached hydrogens (tertiary/aromatic N) is 1. The molecular formula is C17H16Cl2NO+. The number of halogens is 2. The van der Waals surface area contributed by atoms with E-state index in [9.17, 15) is 5.11 Å². The van der Waals surface area contributed by atoms with E-state index in [0.717, 1.165) is 34.9 Å². The predicted molar refractivity (Wildman–Crippen MR) is 87.7 cm³/mol. The van der Waals surface area contributed by atoms with Crippen molar-refractivity contribution in [3.63, 3.8) is 0 Å². The Hall–Kier alpha value is -1.35. The van der Waals surface area contributed by atoms with E-state index < -0.39 is 0 Å². The maximum Gasteiger partial charge on any atom is 0.217 e. The molecule has 0 saturated carbocycles. The molecule has 0 radical (unpaired) electrons. The lowest BCUT2D eigenvalue weighted by Gasteiger charge is -2.14. The molecule has 1 aliphatic rings. The van der Waals surface area contributed by atoms with Crippen LogP contribution < -0.4 is 4.57 Å². The summed E-state index contributed by atoms with van der Waals surface area (Å²) in [5, 5.41) is 11.5. The number of fused-ring (bicyclic) bond motifs is 3. The molecule has 3 rings (SSSR count).